The van der Waals surface area contributed by atoms with Crippen LogP contribution < -0.4 is 4.74 Å². The van der Waals surface area contributed by atoms with Gasteiger partial charge in [-0.1, -0.05) is 46.4 Å². The maximum absolute atomic E-state index is 12.7. The van der Waals surface area contributed by atoms with Crippen LogP contribution in [-0.4, -0.2) is 57.4 Å². The van der Waals surface area contributed by atoms with Crippen LogP contribution in [0, 0.1) is 26.0 Å². The van der Waals surface area contributed by atoms with Gasteiger partial charge in [0.05, 0.1) is 42.3 Å². The first-order chi connectivity index (χ1) is 26.4. The molecule has 4 heterocycles. The number of halogens is 5. The Kier molecular flexibility index (Phi) is 13.6. The van der Waals surface area contributed by atoms with Crippen molar-refractivity contribution in [3.8, 4) is 17.2 Å². The molecule has 0 saturated heterocycles. The van der Waals surface area contributed by atoms with Crippen LogP contribution in [-0.2, 0) is 9.47 Å². The quantitative estimate of drug-likeness (QED) is 0.0998. The Hall–Kier alpha value is -5.75. The number of nitrogens with zero attached hydrogens (tertiary/aromatic N) is 6. The van der Waals surface area contributed by atoms with E-state index >= 15 is 0 Å². The van der Waals surface area contributed by atoms with Crippen LogP contribution in [0.5, 0.6) is 17.2 Å². The molecule has 0 bridgehead atoms. The van der Waals surface area contributed by atoms with Crippen molar-refractivity contribution in [1.82, 2.24) is 19.1 Å². The second kappa shape index (κ2) is 17.6. The summed E-state index contributed by atoms with van der Waals surface area (Å²) >= 11 is 22.7. The first-order valence-corrected chi connectivity index (χ1v) is 17.7. The molecule has 1 N–H and O–H groups in total. The Bertz CT molecular complexity index is 2470. The largest absolute Gasteiger partial charge is 0.506 e. The lowest BCUT2D eigenvalue weighted by Gasteiger charge is -2.19. The fourth-order valence-electron chi connectivity index (χ4n) is 4.50. The summed E-state index contributed by atoms with van der Waals surface area (Å²) in [5.41, 5.74) is -0.901. The number of rotatable bonds is 4. The minimum atomic E-state index is -0.844. The van der Waals surface area contributed by atoms with Gasteiger partial charge in [0.25, 0.3) is 11.4 Å². The average Bonchev–Trinajstić information content (AvgIpc) is 3.71. The van der Waals surface area contributed by atoms with Gasteiger partial charge in [0.2, 0.25) is 0 Å². The molecule has 6 aromatic rings. The second-order valence-corrected chi connectivity index (χ2v) is 15.2. The van der Waals surface area contributed by atoms with Gasteiger partial charge < -0.3 is 19.3 Å². The first kappa shape index (κ1) is 44.0. The number of nitro benzene ring substituents is 2. The molecule has 0 spiro atoms. The molecule has 4 aromatic heterocycles. The molecule has 16 nitrogen and oxygen atoms in total. The van der Waals surface area contributed by atoms with Crippen molar-refractivity contribution in [3.05, 3.63) is 119 Å². The topological polar surface area (TPSA) is 204 Å². The van der Waals surface area contributed by atoms with Gasteiger partial charge in [-0.15, -0.1) is 0 Å². The number of benzene rings is 2. The predicted molar refractivity (Wildman–Crippen MR) is 211 cm³/mol. The van der Waals surface area contributed by atoms with E-state index < -0.39 is 39.1 Å². The van der Waals surface area contributed by atoms with E-state index in [2.05, 4.69) is 9.97 Å². The summed E-state index contributed by atoms with van der Waals surface area (Å²) in [5, 5.41) is 30.9. The number of ether oxygens (including phenoxy) is 3. The maximum atomic E-state index is 12.7. The predicted octanol–water partition coefficient (Wildman–Crippen LogP) is 11.4. The van der Waals surface area contributed by atoms with E-state index in [9.17, 15) is 39.3 Å². The van der Waals surface area contributed by atoms with Gasteiger partial charge in [-0.2, -0.15) is 0 Å². The van der Waals surface area contributed by atoms with E-state index in [0.717, 1.165) is 24.3 Å². The van der Waals surface area contributed by atoms with E-state index in [1.165, 1.54) is 21.5 Å². The highest BCUT2D eigenvalue weighted by atomic mass is 35.5. The Morgan fingerprint density at radius 1 is 0.702 bits per heavy atom. The van der Waals surface area contributed by atoms with Crippen molar-refractivity contribution >= 4 is 92.0 Å². The lowest BCUT2D eigenvalue weighted by Crippen LogP contribution is -2.26. The van der Waals surface area contributed by atoms with Crippen LogP contribution in [0.4, 0.5) is 25.4 Å². The molecule has 300 valence electrons. The number of aromatic hydroxyl groups is 1. The first-order valence-electron chi connectivity index (χ1n) is 16.1. The smallest absolute Gasteiger partial charge is 0.420 e. The van der Waals surface area contributed by atoms with Gasteiger partial charge in [-0.3, -0.25) is 20.2 Å². The molecule has 0 unspecified atom stereocenters. The number of carbonyl (C=O) groups is 2. The molecule has 0 atom stereocenters. The van der Waals surface area contributed by atoms with Gasteiger partial charge >= 0.3 is 12.2 Å². The molecule has 0 radical (unpaired) electrons. The second-order valence-electron chi connectivity index (χ2n) is 13.6. The summed E-state index contributed by atoms with van der Waals surface area (Å²) in [5.74, 6) is -0.405. The van der Waals surface area contributed by atoms with Gasteiger partial charge in [-0.05, 0) is 65.8 Å². The molecular formula is C36H31Cl4FN6O10. The number of non-ortho nitro benzene ring substituents is 2. The van der Waals surface area contributed by atoms with Crippen LogP contribution >= 0.6 is 46.4 Å². The van der Waals surface area contributed by atoms with Crippen molar-refractivity contribution in [1.29, 1.82) is 0 Å². The third kappa shape index (κ3) is 11.6. The Balaban J connectivity index is 0.000000210. The van der Waals surface area contributed by atoms with Crippen molar-refractivity contribution in [2.45, 2.75) is 52.7 Å². The number of hydrogen-bond acceptors (Lipinski definition) is 12. The summed E-state index contributed by atoms with van der Waals surface area (Å²) in [6.45, 7) is 10.7. The van der Waals surface area contributed by atoms with E-state index in [0.29, 0.717) is 27.8 Å². The zero-order valence-corrected chi connectivity index (χ0v) is 33.6. The number of fused-ring (bicyclic) bond motifs is 2. The third-order valence-corrected chi connectivity index (χ3v) is 7.90. The standard InChI is InChI=1S/C18H15Cl2N3O5.C12H14N2O3.C6H2Cl2FNO2/c1-18(2,3)28-17(24)22-5-4-10-6-12(9-21-16(10)22)27-15-13(19)7-11(23(25)26)8-14(15)20;1-12(2,3)17-11(16)14-5-4-8-6-9(15)7-13-10(8)14;7-4-1-3(10(11)12)2-5(8)6(4)9/h4-9H,1-3H3;4-7,15H,1-3H3;1-2H. The normalized spacial score (nSPS) is 11.2. The van der Waals surface area contributed by atoms with Crippen LogP contribution in [0.25, 0.3) is 22.1 Å². The van der Waals surface area contributed by atoms with Gasteiger partial charge in [0.1, 0.15) is 34.0 Å². The van der Waals surface area contributed by atoms with Crippen LogP contribution in [0.3, 0.4) is 0 Å². The fraction of sp³-hybridized carbons (Fsp3) is 0.222. The number of aromatic nitrogens is 4. The molecule has 6 rings (SSSR count). The summed E-state index contributed by atoms with van der Waals surface area (Å²) in [7, 11) is 0. The van der Waals surface area contributed by atoms with E-state index in [-0.39, 0.29) is 43.0 Å². The highest BCUT2D eigenvalue weighted by molar-refractivity contribution is 6.37. The zero-order valence-electron chi connectivity index (χ0n) is 30.6. The van der Waals surface area contributed by atoms with Gasteiger partial charge in [0, 0.05) is 47.4 Å². The number of pyridine rings is 2. The summed E-state index contributed by atoms with van der Waals surface area (Å²) in [6, 6.07) is 10.7. The Morgan fingerprint density at radius 3 is 1.53 bits per heavy atom. The molecule has 0 saturated carbocycles. The van der Waals surface area contributed by atoms with Crippen LogP contribution in [0.15, 0.2) is 73.3 Å². The third-order valence-electron chi connectivity index (χ3n) is 6.79. The molecule has 0 aliphatic rings. The van der Waals surface area contributed by atoms with E-state index in [1.54, 1.807) is 78.2 Å². The molecule has 57 heavy (non-hydrogen) atoms. The lowest BCUT2D eigenvalue weighted by atomic mass is 10.2. The highest BCUT2D eigenvalue weighted by Gasteiger charge is 2.22. The minimum absolute atomic E-state index is 0.00868. The molecule has 0 aliphatic heterocycles. The van der Waals surface area contributed by atoms with Crippen molar-refractivity contribution in [3.63, 3.8) is 0 Å². The molecule has 21 heteroatoms. The van der Waals surface area contributed by atoms with E-state index in [4.69, 9.17) is 60.6 Å². The molecule has 0 aliphatic carbocycles. The zero-order chi connectivity index (χ0) is 42.6. The van der Waals surface area contributed by atoms with E-state index in [1.807, 2.05) is 0 Å². The minimum Gasteiger partial charge on any atom is -0.506 e. The SMILES string of the molecule is CC(C)(C)OC(=O)n1ccc2cc(O)cnc21.CC(C)(C)OC(=O)n1ccc2cc(Oc3c(Cl)cc([N+](=O)[O-])cc3Cl)cnc21.O=[N+]([O-])c1cc(Cl)c(F)c(Cl)c1. The average molecular weight is 868 g/mol. The Labute approximate surface area is 342 Å². The molecule has 0 fully saturated rings. The summed E-state index contributed by atoms with van der Waals surface area (Å²) in [4.78, 5) is 52.1. The maximum Gasteiger partial charge on any atom is 0.420 e. The molecule has 0 amide bonds. The van der Waals surface area contributed by atoms with Crippen molar-refractivity contribution in [2.75, 3.05) is 0 Å². The number of nitro groups is 2. The molecular weight excluding hydrogens is 837 g/mol. The van der Waals surface area contributed by atoms with Crippen molar-refractivity contribution < 1.29 is 43.1 Å². The van der Waals surface area contributed by atoms with Gasteiger partial charge in [-0.25, -0.2) is 33.1 Å². The summed E-state index contributed by atoms with van der Waals surface area (Å²) < 4.78 is 31.5. The Morgan fingerprint density at radius 2 is 1.11 bits per heavy atom. The van der Waals surface area contributed by atoms with Crippen LogP contribution in [0.2, 0.25) is 20.1 Å². The number of hydrogen-bond donors (Lipinski definition) is 1. The number of carbonyl (C=O) groups excluding carboxylic acids is 2. The van der Waals surface area contributed by atoms with Gasteiger partial charge in [0.15, 0.2) is 11.6 Å². The highest BCUT2D eigenvalue weighted by Crippen LogP contribution is 2.40. The van der Waals surface area contributed by atoms with Crippen molar-refractivity contribution in [2.24, 2.45) is 0 Å². The molecule has 2 aromatic carbocycles. The van der Waals surface area contributed by atoms with Crippen LogP contribution in [0.1, 0.15) is 41.5 Å². The fourth-order valence-corrected chi connectivity index (χ4v) is 5.53. The monoisotopic (exact) mass is 866 g/mol. The summed E-state index contributed by atoms with van der Waals surface area (Å²) in [6.07, 6.45) is 4.77. The lowest BCUT2D eigenvalue weighted by molar-refractivity contribution is -0.385.